The Kier molecular flexibility index (Phi) is 10.7. The zero-order valence-electron chi connectivity index (χ0n) is 13.9. The van der Waals surface area contributed by atoms with Gasteiger partial charge in [-0.15, -0.1) is 0 Å². The Morgan fingerprint density at radius 2 is 1.85 bits per heavy atom. The smallest absolute Gasteiger partial charge is 0.224 e. The summed E-state index contributed by atoms with van der Waals surface area (Å²) in [6.07, 6.45) is 1.53. The predicted molar refractivity (Wildman–Crippen MR) is 83.7 cm³/mol. The highest BCUT2D eigenvalue weighted by Crippen LogP contribution is 2.12. The van der Waals surface area contributed by atoms with E-state index in [0.717, 1.165) is 26.1 Å². The molecule has 20 heavy (non-hydrogen) atoms. The fraction of sp³-hybridized carbons (Fsp3) is 0.933. The Morgan fingerprint density at radius 3 is 2.25 bits per heavy atom. The average Bonchev–Trinajstić information content (AvgIpc) is 2.46. The van der Waals surface area contributed by atoms with Gasteiger partial charge in [-0.2, -0.15) is 0 Å². The lowest BCUT2D eigenvalue weighted by Gasteiger charge is -2.36. The van der Waals surface area contributed by atoms with Crippen LogP contribution >= 0.6 is 0 Å². The van der Waals surface area contributed by atoms with E-state index in [1.54, 1.807) is 7.11 Å². The zero-order valence-corrected chi connectivity index (χ0v) is 13.9. The van der Waals surface area contributed by atoms with Gasteiger partial charge in [-0.05, 0) is 27.2 Å². The summed E-state index contributed by atoms with van der Waals surface area (Å²) in [6, 6.07) is 0.497. The van der Waals surface area contributed by atoms with E-state index in [4.69, 9.17) is 10.5 Å². The summed E-state index contributed by atoms with van der Waals surface area (Å²) < 4.78 is 5.18. The third-order valence-corrected chi connectivity index (χ3v) is 3.98. The van der Waals surface area contributed by atoms with Crippen LogP contribution in [-0.4, -0.2) is 67.7 Å². The molecule has 1 amide bonds. The van der Waals surface area contributed by atoms with Crippen LogP contribution in [0.15, 0.2) is 0 Å². The standard InChI is InChI=1S/C15H33N3O2/c1-6-13(4)18(9-10-20-5)14(12-16)11-15(19)17(7-2)8-3/h13-14H,6-12,16H2,1-5H3. The van der Waals surface area contributed by atoms with Crippen LogP contribution in [-0.2, 0) is 9.53 Å². The molecule has 0 aromatic rings. The number of amides is 1. The van der Waals surface area contributed by atoms with E-state index in [1.165, 1.54) is 0 Å². The second-order valence-electron chi connectivity index (χ2n) is 5.15. The van der Waals surface area contributed by atoms with Crippen molar-refractivity contribution in [2.45, 2.75) is 52.6 Å². The summed E-state index contributed by atoms with van der Waals surface area (Å²) in [4.78, 5) is 16.5. The van der Waals surface area contributed by atoms with Crippen molar-refractivity contribution < 1.29 is 9.53 Å². The minimum Gasteiger partial charge on any atom is -0.383 e. The summed E-state index contributed by atoms with van der Waals surface area (Å²) in [5.74, 6) is 0.191. The van der Waals surface area contributed by atoms with Crippen molar-refractivity contribution in [1.82, 2.24) is 9.80 Å². The Bertz CT molecular complexity index is 258. The van der Waals surface area contributed by atoms with Crippen LogP contribution in [0.3, 0.4) is 0 Å². The van der Waals surface area contributed by atoms with E-state index in [9.17, 15) is 4.79 Å². The molecule has 120 valence electrons. The summed E-state index contributed by atoms with van der Waals surface area (Å²) in [6.45, 7) is 11.9. The number of carbonyl (C=O) groups excluding carboxylic acids is 1. The molecule has 2 unspecified atom stereocenters. The van der Waals surface area contributed by atoms with Crippen molar-refractivity contribution in [2.75, 3.05) is 39.9 Å². The van der Waals surface area contributed by atoms with Crippen molar-refractivity contribution in [3.05, 3.63) is 0 Å². The normalized spacial score (nSPS) is 14.3. The first-order valence-corrected chi connectivity index (χ1v) is 7.77. The number of nitrogens with zero attached hydrogens (tertiary/aromatic N) is 2. The van der Waals surface area contributed by atoms with Gasteiger partial charge in [0.25, 0.3) is 0 Å². The maximum atomic E-state index is 12.3. The molecule has 0 radical (unpaired) electrons. The third-order valence-electron chi connectivity index (χ3n) is 3.98. The fourth-order valence-electron chi connectivity index (χ4n) is 2.44. The van der Waals surface area contributed by atoms with Crippen molar-refractivity contribution in [3.63, 3.8) is 0 Å². The summed E-state index contributed by atoms with van der Waals surface area (Å²) >= 11 is 0. The van der Waals surface area contributed by atoms with Crippen LogP contribution in [0.2, 0.25) is 0 Å². The van der Waals surface area contributed by atoms with Crippen LogP contribution in [0.5, 0.6) is 0 Å². The summed E-state index contributed by atoms with van der Waals surface area (Å²) in [7, 11) is 1.70. The lowest BCUT2D eigenvalue weighted by molar-refractivity contribution is -0.132. The molecule has 0 bridgehead atoms. The molecule has 0 rings (SSSR count). The highest BCUT2D eigenvalue weighted by molar-refractivity contribution is 5.76. The Hall–Kier alpha value is -0.650. The van der Waals surface area contributed by atoms with Gasteiger partial charge in [-0.3, -0.25) is 9.69 Å². The van der Waals surface area contributed by atoms with Crippen molar-refractivity contribution >= 4 is 5.91 Å². The molecule has 2 atom stereocenters. The molecule has 0 heterocycles. The molecular weight excluding hydrogens is 254 g/mol. The number of hydrogen-bond acceptors (Lipinski definition) is 4. The van der Waals surface area contributed by atoms with Crippen molar-refractivity contribution in [1.29, 1.82) is 0 Å². The third kappa shape index (κ3) is 6.20. The molecular formula is C15H33N3O2. The maximum absolute atomic E-state index is 12.3. The molecule has 0 saturated carbocycles. The Balaban J connectivity index is 4.75. The van der Waals surface area contributed by atoms with Gasteiger partial charge < -0.3 is 15.4 Å². The van der Waals surface area contributed by atoms with Crippen LogP contribution in [0, 0.1) is 0 Å². The van der Waals surface area contributed by atoms with Crippen LogP contribution < -0.4 is 5.73 Å². The van der Waals surface area contributed by atoms with Gasteiger partial charge in [0.05, 0.1) is 6.61 Å². The van der Waals surface area contributed by atoms with Gasteiger partial charge in [-0.25, -0.2) is 0 Å². The highest BCUT2D eigenvalue weighted by atomic mass is 16.5. The molecule has 0 aliphatic rings. The van der Waals surface area contributed by atoms with Crippen LogP contribution in [0.1, 0.15) is 40.5 Å². The predicted octanol–water partition coefficient (Wildman–Crippen LogP) is 1.32. The Labute approximate surface area is 124 Å². The average molecular weight is 287 g/mol. The number of carbonyl (C=O) groups is 1. The van der Waals surface area contributed by atoms with E-state index in [0.29, 0.717) is 25.6 Å². The quantitative estimate of drug-likeness (QED) is 0.622. The van der Waals surface area contributed by atoms with Gasteiger partial charge in [0.1, 0.15) is 0 Å². The van der Waals surface area contributed by atoms with Gasteiger partial charge in [0.15, 0.2) is 0 Å². The van der Waals surface area contributed by atoms with Crippen molar-refractivity contribution in [2.24, 2.45) is 5.73 Å². The highest BCUT2D eigenvalue weighted by Gasteiger charge is 2.25. The molecule has 0 aliphatic heterocycles. The number of methoxy groups -OCH3 is 1. The van der Waals surface area contributed by atoms with Gasteiger partial charge in [-0.1, -0.05) is 6.92 Å². The summed E-state index contributed by atoms with van der Waals surface area (Å²) in [5, 5.41) is 0. The lowest BCUT2D eigenvalue weighted by Crippen LogP contribution is -2.49. The SMILES string of the molecule is CCC(C)N(CCOC)C(CN)CC(=O)N(CC)CC. The molecule has 0 aromatic heterocycles. The lowest BCUT2D eigenvalue weighted by atomic mass is 10.1. The summed E-state index contributed by atoms with van der Waals surface area (Å²) in [5.41, 5.74) is 5.92. The Morgan fingerprint density at radius 1 is 1.25 bits per heavy atom. The second kappa shape index (κ2) is 11.1. The minimum absolute atomic E-state index is 0.0909. The molecule has 5 heteroatoms. The van der Waals surface area contributed by atoms with Gasteiger partial charge in [0, 0.05) is 51.8 Å². The topological polar surface area (TPSA) is 58.8 Å². The maximum Gasteiger partial charge on any atom is 0.224 e. The van der Waals surface area contributed by atoms with Crippen molar-refractivity contribution in [3.8, 4) is 0 Å². The number of ether oxygens (including phenoxy) is 1. The van der Waals surface area contributed by atoms with E-state index in [1.807, 2.05) is 18.7 Å². The van der Waals surface area contributed by atoms with E-state index >= 15 is 0 Å². The second-order valence-corrected chi connectivity index (χ2v) is 5.15. The fourth-order valence-corrected chi connectivity index (χ4v) is 2.44. The van der Waals surface area contributed by atoms with Crippen LogP contribution in [0.25, 0.3) is 0 Å². The molecule has 0 saturated heterocycles. The first-order chi connectivity index (χ1) is 9.55. The van der Waals surface area contributed by atoms with Gasteiger partial charge >= 0.3 is 0 Å². The molecule has 0 aliphatic carbocycles. The first kappa shape index (κ1) is 19.4. The van der Waals surface area contributed by atoms with Crippen LogP contribution in [0.4, 0.5) is 0 Å². The van der Waals surface area contributed by atoms with E-state index in [-0.39, 0.29) is 11.9 Å². The number of hydrogen-bond donors (Lipinski definition) is 1. The monoisotopic (exact) mass is 287 g/mol. The first-order valence-electron chi connectivity index (χ1n) is 7.77. The molecule has 0 fully saturated rings. The molecule has 0 spiro atoms. The minimum atomic E-state index is 0.0909. The molecule has 5 nitrogen and oxygen atoms in total. The number of nitrogens with two attached hydrogens (primary N) is 1. The molecule has 2 N–H and O–H groups in total. The molecule has 0 aromatic carbocycles. The number of rotatable bonds is 11. The van der Waals surface area contributed by atoms with E-state index in [2.05, 4.69) is 18.7 Å². The van der Waals surface area contributed by atoms with Gasteiger partial charge in [0.2, 0.25) is 5.91 Å². The zero-order chi connectivity index (χ0) is 15.5. The largest absolute Gasteiger partial charge is 0.383 e. The van der Waals surface area contributed by atoms with E-state index < -0.39 is 0 Å².